The van der Waals surface area contributed by atoms with Crippen molar-refractivity contribution in [1.82, 2.24) is 20.2 Å². The van der Waals surface area contributed by atoms with Gasteiger partial charge in [0.05, 0.1) is 13.7 Å². The number of nitrogens with zero attached hydrogens (tertiary/aromatic N) is 4. The molecule has 5 nitrogen and oxygen atoms in total. The van der Waals surface area contributed by atoms with Gasteiger partial charge in [0.2, 0.25) is 5.82 Å². The summed E-state index contributed by atoms with van der Waals surface area (Å²) < 4.78 is 18.1. The zero-order valence-corrected chi connectivity index (χ0v) is 11.4. The molecule has 0 aliphatic rings. The van der Waals surface area contributed by atoms with Crippen molar-refractivity contribution >= 4 is 0 Å². The Morgan fingerprint density at radius 2 is 1.95 bits per heavy atom. The second-order valence-corrected chi connectivity index (χ2v) is 4.50. The predicted molar refractivity (Wildman–Crippen MR) is 75.3 cm³/mol. The lowest BCUT2D eigenvalue weighted by molar-refractivity contribution is 0.413. The van der Waals surface area contributed by atoms with Crippen molar-refractivity contribution in [1.29, 1.82) is 0 Å². The SMILES string of the molecule is COc1cccc(Cn2nnc(-c3ccc(F)cc3)n2)c1. The van der Waals surface area contributed by atoms with Gasteiger partial charge >= 0.3 is 0 Å². The van der Waals surface area contributed by atoms with Crippen LogP contribution in [0, 0.1) is 5.82 Å². The van der Waals surface area contributed by atoms with Gasteiger partial charge in [-0.05, 0) is 47.2 Å². The molecule has 0 fully saturated rings. The van der Waals surface area contributed by atoms with Crippen LogP contribution in [-0.4, -0.2) is 27.3 Å². The number of ether oxygens (including phenoxy) is 1. The molecule has 3 rings (SSSR count). The standard InChI is InChI=1S/C15H13FN4O/c1-21-14-4-2-3-11(9-14)10-20-18-15(17-19-20)12-5-7-13(16)8-6-12/h2-9H,10H2,1H3. The molecule has 2 aromatic carbocycles. The van der Waals surface area contributed by atoms with Crippen molar-refractivity contribution in [3.63, 3.8) is 0 Å². The highest BCUT2D eigenvalue weighted by molar-refractivity contribution is 5.53. The van der Waals surface area contributed by atoms with Crippen molar-refractivity contribution in [3.05, 3.63) is 59.9 Å². The number of aromatic nitrogens is 4. The van der Waals surface area contributed by atoms with E-state index >= 15 is 0 Å². The number of benzene rings is 2. The quantitative estimate of drug-likeness (QED) is 0.738. The maximum absolute atomic E-state index is 12.9. The lowest BCUT2D eigenvalue weighted by Crippen LogP contribution is -2.04. The molecule has 0 saturated carbocycles. The Hall–Kier alpha value is -2.76. The Balaban J connectivity index is 1.80. The Labute approximate surface area is 121 Å². The van der Waals surface area contributed by atoms with Crippen LogP contribution >= 0.6 is 0 Å². The number of methoxy groups -OCH3 is 1. The number of hydrogen-bond donors (Lipinski definition) is 0. The Kier molecular flexibility index (Phi) is 3.59. The third kappa shape index (κ3) is 3.05. The summed E-state index contributed by atoms with van der Waals surface area (Å²) in [5, 5.41) is 12.3. The fourth-order valence-corrected chi connectivity index (χ4v) is 1.96. The minimum atomic E-state index is -0.289. The molecule has 0 aliphatic heterocycles. The highest BCUT2D eigenvalue weighted by atomic mass is 19.1. The fraction of sp³-hybridized carbons (Fsp3) is 0.133. The third-order valence-electron chi connectivity index (χ3n) is 3.01. The van der Waals surface area contributed by atoms with Crippen LogP contribution in [0.1, 0.15) is 5.56 Å². The smallest absolute Gasteiger partial charge is 0.204 e. The predicted octanol–water partition coefficient (Wildman–Crippen LogP) is 2.54. The first-order valence-electron chi connectivity index (χ1n) is 6.41. The van der Waals surface area contributed by atoms with Gasteiger partial charge in [0.1, 0.15) is 11.6 Å². The second-order valence-electron chi connectivity index (χ2n) is 4.50. The van der Waals surface area contributed by atoms with E-state index in [1.165, 1.54) is 16.9 Å². The first kappa shape index (κ1) is 13.2. The summed E-state index contributed by atoms with van der Waals surface area (Å²) in [5.74, 6) is 0.965. The van der Waals surface area contributed by atoms with Crippen LogP contribution in [0.4, 0.5) is 4.39 Å². The van der Waals surface area contributed by atoms with Crippen molar-refractivity contribution in [2.24, 2.45) is 0 Å². The summed E-state index contributed by atoms with van der Waals surface area (Å²) in [7, 11) is 1.62. The molecule has 0 atom stereocenters. The summed E-state index contributed by atoms with van der Waals surface area (Å²) in [4.78, 5) is 1.49. The molecule has 106 valence electrons. The maximum Gasteiger partial charge on any atom is 0.204 e. The molecule has 1 aromatic heterocycles. The number of halogens is 1. The Bertz CT molecular complexity index is 739. The summed E-state index contributed by atoms with van der Waals surface area (Å²) >= 11 is 0. The highest BCUT2D eigenvalue weighted by Gasteiger charge is 2.07. The molecule has 6 heteroatoms. The van der Waals surface area contributed by atoms with E-state index in [4.69, 9.17) is 4.74 Å². The van der Waals surface area contributed by atoms with Crippen LogP contribution in [0.5, 0.6) is 5.75 Å². The van der Waals surface area contributed by atoms with E-state index in [0.717, 1.165) is 16.9 Å². The van der Waals surface area contributed by atoms with Crippen LogP contribution in [0.3, 0.4) is 0 Å². The molecule has 1 heterocycles. The molecular formula is C15H13FN4O. The first-order chi connectivity index (χ1) is 10.2. The molecule has 0 spiro atoms. The molecule has 0 amide bonds. The van der Waals surface area contributed by atoms with E-state index in [0.29, 0.717) is 12.4 Å². The van der Waals surface area contributed by atoms with Crippen molar-refractivity contribution in [2.75, 3.05) is 7.11 Å². The first-order valence-corrected chi connectivity index (χ1v) is 6.41. The monoisotopic (exact) mass is 284 g/mol. The maximum atomic E-state index is 12.9. The van der Waals surface area contributed by atoms with Crippen LogP contribution in [0.2, 0.25) is 0 Å². The van der Waals surface area contributed by atoms with Gasteiger partial charge < -0.3 is 4.74 Å². The van der Waals surface area contributed by atoms with Crippen molar-refractivity contribution in [2.45, 2.75) is 6.54 Å². The highest BCUT2D eigenvalue weighted by Crippen LogP contribution is 2.15. The number of hydrogen-bond acceptors (Lipinski definition) is 4. The van der Waals surface area contributed by atoms with Crippen LogP contribution in [-0.2, 0) is 6.54 Å². The van der Waals surface area contributed by atoms with Crippen molar-refractivity contribution < 1.29 is 9.13 Å². The van der Waals surface area contributed by atoms with Gasteiger partial charge in [-0.3, -0.25) is 0 Å². The minimum Gasteiger partial charge on any atom is -0.497 e. The van der Waals surface area contributed by atoms with E-state index in [-0.39, 0.29) is 5.82 Å². The average molecular weight is 284 g/mol. The Morgan fingerprint density at radius 3 is 2.71 bits per heavy atom. The van der Waals surface area contributed by atoms with E-state index < -0.39 is 0 Å². The number of rotatable bonds is 4. The van der Waals surface area contributed by atoms with Gasteiger partial charge in [-0.1, -0.05) is 12.1 Å². The van der Waals surface area contributed by atoms with Crippen LogP contribution < -0.4 is 4.74 Å². The molecule has 0 radical (unpaired) electrons. The lowest BCUT2D eigenvalue weighted by Gasteiger charge is -2.03. The molecule has 21 heavy (non-hydrogen) atoms. The second kappa shape index (κ2) is 5.70. The van der Waals surface area contributed by atoms with Crippen LogP contribution in [0.15, 0.2) is 48.5 Å². The Morgan fingerprint density at radius 1 is 1.14 bits per heavy atom. The van der Waals surface area contributed by atoms with Crippen LogP contribution in [0.25, 0.3) is 11.4 Å². The van der Waals surface area contributed by atoms with Gasteiger partial charge in [0.25, 0.3) is 0 Å². The summed E-state index contributed by atoms with van der Waals surface area (Å²) in [5.41, 5.74) is 1.74. The zero-order chi connectivity index (χ0) is 14.7. The summed E-state index contributed by atoms with van der Waals surface area (Å²) in [6.45, 7) is 0.491. The van der Waals surface area contributed by atoms with E-state index in [1.54, 1.807) is 19.2 Å². The third-order valence-corrected chi connectivity index (χ3v) is 3.01. The summed E-state index contributed by atoms with van der Waals surface area (Å²) in [6.07, 6.45) is 0. The van der Waals surface area contributed by atoms with Gasteiger partial charge in [-0.15, -0.1) is 10.2 Å². The lowest BCUT2D eigenvalue weighted by atomic mass is 10.2. The van der Waals surface area contributed by atoms with E-state index in [9.17, 15) is 4.39 Å². The molecule has 0 aliphatic carbocycles. The summed E-state index contributed by atoms with van der Waals surface area (Å²) in [6, 6.07) is 13.7. The number of tetrazole rings is 1. The van der Waals surface area contributed by atoms with Gasteiger partial charge in [0.15, 0.2) is 0 Å². The topological polar surface area (TPSA) is 52.8 Å². The van der Waals surface area contributed by atoms with Gasteiger partial charge in [0, 0.05) is 5.56 Å². The molecule has 0 N–H and O–H groups in total. The normalized spacial score (nSPS) is 10.6. The molecular weight excluding hydrogens is 271 g/mol. The molecule has 0 unspecified atom stereocenters. The van der Waals surface area contributed by atoms with Crippen molar-refractivity contribution in [3.8, 4) is 17.1 Å². The van der Waals surface area contributed by atoms with E-state index in [2.05, 4.69) is 15.4 Å². The van der Waals surface area contributed by atoms with E-state index in [1.807, 2.05) is 24.3 Å². The fourth-order valence-electron chi connectivity index (χ4n) is 1.96. The minimum absolute atomic E-state index is 0.289. The van der Waals surface area contributed by atoms with Gasteiger partial charge in [-0.2, -0.15) is 4.80 Å². The molecule has 0 saturated heterocycles. The zero-order valence-electron chi connectivity index (χ0n) is 11.4. The molecule has 0 bridgehead atoms. The van der Waals surface area contributed by atoms with Gasteiger partial charge in [-0.25, -0.2) is 4.39 Å². The average Bonchev–Trinajstić information content (AvgIpc) is 2.96. The molecule has 3 aromatic rings. The largest absolute Gasteiger partial charge is 0.497 e.